The number of phenolic OH excluding ortho intramolecular Hbond substituents is 1. The minimum atomic E-state index is -1.26. The normalized spacial score (nSPS) is 11.4. The van der Waals surface area contributed by atoms with E-state index < -0.39 is 5.97 Å². The monoisotopic (exact) mass is 439 g/mol. The number of aromatic hydroxyl groups is 1. The molecule has 0 fully saturated rings. The third kappa shape index (κ3) is 4.52. The Kier molecular flexibility index (Phi) is 5.79. The number of carboxylic acids is 1. The number of nitriles is 1. The number of hydrogen-bond donors (Lipinski definition) is 2. The number of aliphatic carboxylic acids is 1. The molecule has 164 valence electrons. The number of nitrogens with zero attached hydrogens (tertiary/aromatic N) is 5. The molecule has 33 heavy (non-hydrogen) atoms. The summed E-state index contributed by atoms with van der Waals surface area (Å²) in [6.45, 7) is 2.38. The third-order valence-corrected chi connectivity index (χ3v) is 5.22. The first-order chi connectivity index (χ1) is 15.9. The Labute approximate surface area is 190 Å². The van der Waals surface area contributed by atoms with Gasteiger partial charge in [0.1, 0.15) is 34.1 Å². The fraction of sp³-hybridized carbons (Fsp3) is 0.120. The molecule has 0 aliphatic heterocycles. The van der Waals surface area contributed by atoms with Crippen LogP contribution in [0.2, 0.25) is 0 Å². The molecule has 0 radical (unpaired) electrons. The molecule has 0 saturated heterocycles. The second-order valence-electron chi connectivity index (χ2n) is 7.69. The van der Waals surface area contributed by atoms with Crippen molar-refractivity contribution < 1.29 is 15.0 Å². The Balaban J connectivity index is 1.60. The van der Waals surface area contributed by atoms with Crippen LogP contribution in [0.1, 0.15) is 16.7 Å². The molecule has 8 heteroatoms. The van der Waals surface area contributed by atoms with Gasteiger partial charge in [0, 0.05) is 24.8 Å². The average Bonchev–Trinajstić information content (AvgIpc) is 3.23. The zero-order valence-electron chi connectivity index (χ0n) is 18.1. The van der Waals surface area contributed by atoms with Gasteiger partial charge in [-0.3, -0.25) is 0 Å². The highest BCUT2D eigenvalue weighted by atomic mass is 16.4. The largest absolute Gasteiger partial charge is 0.505 e. The lowest BCUT2D eigenvalue weighted by molar-refractivity contribution is -0.132. The number of aryl methyl sites for hydroxylation is 1. The number of phenols is 1. The first kappa shape index (κ1) is 21.6. The van der Waals surface area contributed by atoms with Gasteiger partial charge in [-0.15, -0.1) is 15.0 Å². The van der Waals surface area contributed by atoms with Gasteiger partial charge in [-0.25, -0.2) is 4.79 Å². The lowest BCUT2D eigenvalue weighted by Crippen LogP contribution is -2.17. The average molecular weight is 439 g/mol. The topological polar surface area (TPSA) is 115 Å². The number of aromatic nitrogens is 3. The van der Waals surface area contributed by atoms with Crippen molar-refractivity contribution in [1.82, 2.24) is 15.0 Å². The Morgan fingerprint density at radius 3 is 2.33 bits per heavy atom. The number of rotatable bonds is 6. The predicted molar refractivity (Wildman–Crippen MR) is 125 cm³/mol. The van der Waals surface area contributed by atoms with E-state index in [0.717, 1.165) is 27.8 Å². The Morgan fingerprint density at radius 1 is 1.12 bits per heavy atom. The molecule has 0 spiro atoms. The predicted octanol–water partition coefficient (Wildman–Crippen LogP) is 4.06. The summed E-state index contributed by atoms with van der Waals surface area (Å²) in [6, 6.07) is 20.1. The number of hydrogen-bond acceptors (Lipinski definition) is 6. The van der Waals surface area contributed by atoms with Crippen LogP contribution in [0.15, 0.2) is 66.2 Å². The van der Waals surface area contributed by atoms with Crippen LogP contribution >= 0.6 is 0 Å². The van der Waals surface area contributed by atoms with Crippen LogP contribution in [0.4, 0.5) is 5.69 Å². The van der Waals surface area contributed by atoms with E-state index in [9.17, 15) is 9.90 Å². The van der Waals surface area contributed by atoms with Crippen LogP contribution in [-0.2, 0) is 11.3 Å². The smallest absolute Gasteiger partial charge is 0.346 e. The summed E-state index contributed by atoms with van der Waals surface area (Å²) in [5.74, 6) is -1.16. The van der Waals surface area contributed by atoms with Crippen LogP contribution in [0.5, 0.6) is 5.75 Å². The Hall–Kier alpha value is -4.64. The van der Waals surface area contributed by atoms with Crippen LogP contribution < -0.4 is 4.90 Å². The van der Waals surface area contributed by atoms with E-state index in [1.54, 1.807) is 18.2 Å². The van der Waals surface area contributed by atoms with E-state index in [-0.39, 0.29) is 11.3 Å². The van der Waals surface area contributed by atoms with Gasteiger partial charge in [-0.1, -0.05) is 30.3 Å². The molecule has 0 unspecified atom stereocenters. The van der Waals surface area contributed by atoms with Crippen molar-refractivity contribution in [3.8, 4) is 17.5 Å². The van der Waals surface area contributed by atoms with E-state index in [2.05, 4.69) is 10.2 Å². The fourth-order valence-electron chi connectivity index (χ4n) is 3.55. The number of carboxylic acid groups (broad SMARTS) is 1. The van der Waals surface area contributed by atoms with Crippen molar-refractivity contribution in [3.05, 3.63) is 82.9 Å². The van der Waals surface area contributed by atoms with E-state index in [1.165, 1.54) is 10.9 Å². The summed E-state index contributed by atoms with van der Waals surface area (Å²) in [7, 11) is 1.89. The summed E-state index contributed by atoms with van der Waals surface area (Å²) in [5, 5.41) is 37.9. The van der Waals surface area contributed by atoms with Crippen molar-refractivity contribution in [2.24, 2.45) is 0 Å². The van der Waals surface area contributed by atoms with Gasteiger partial charge in [-0.2, -0.15) is 5.26 Å². The maximum absolute atomic E-state index is 11.0. The molecule has 4 rings (SSSR count). The zero-order chi connectivity index (χ0) is 23.5. The van der Waals surface area contributed by atoms with Gasteiger partial charge in [0.05, 0.1) is 0 Å². The van der Waals surface area contributed by atoms with Crippen LogP contribution in [-0.4, -0.2) is 38.2 Å². The SMILES string of the molecule is Cc1cc(CN(C)c2ccc(C=C(C#N)C(=O)O)cc2)c(O)c(-n2nc3ccccc3n2)c1. The first-order valence-electron chi connectivity index (χ1n) is 10.2. The second kappa shape index (κ2) is 8.85. The molecular weight excluding hydrogens is 418 g/mol. The molecule has 3 aromatic carbocycles. The van der Waals surface area contributed by atoms with Crippen LogP contribution in [0.3, 0.4) is 0 Å². The second-order valence-corrected chi connectivity index (χ2v) is 7.69. The van der Waals surface area contributed by atoms with E-state index in [4.69, 9.17) is 10.4 Å². The lowest BCUT2D eigenvalue weighted by atomic mass is 10.1. The Bertz CT molecular complexity index is 1380. The Morgan fingerprint density at radius 2 is 1.76 bits per heavy atom. The molecule has 0 saturated carbocycles. The molecule has 0 amide bonds. The summed E-state index contributed by atoms with van der Waals surface area (Å²) < 4.78 is 0. The number of anilines is 1. The van der Waals surface area contributed by atoms with Gasteiger partial charge in [0.2, 0.25) is 0 Å². The van der Waals surface area contributed by atoms with Gasteiger partial charge in [0.15, 0.2) is 0 Å². The van der Waals surface area contributed by atoms with E-state index >= 15 is 0 Å². The molecule has 8 nitrogen and oxygen atoms in total. The molecule has 0 aliphatic carbocycles. The molecule has 0 aliphatic rings. The fourth-order valence-corrected chi connectivity index (χ4v) is 3.55. The highest BCUT2D eigenvalue weighted by Crippen LogP contribution is 2.30. The highest BCUT2D eigenvalue weighted by molar-refractivity contribution is 5.96. The number of fused-ring (bicyclic) bond motifs is 1. The minimum Gasteiger partial charge on any atom is -0.505 e. The molecule has 2 N–H and O–H groups in total. The van der Waals surface area contributed by atoms with E-state index in [0.29, 0.717) is 17.8 Å². The van der Waals surface area contributed by atoms with Gasteiger partial charge >= 0.3 is 5.97 Å². The summed E-state index contributed by atoms with van der Waals surface area (Å²) in [5.41, 5.74) is 4.83. The van der Waals surface area contributed by atoms with Crippen molar-refractivity contribution in [2.45, 2.75) is 13.5 Å². The maximum Gasteiger partial charge on any atom is 0.346 e. The van der Waals surface area contributed by atoms with Gasteiger partial charge in [-0.05, 0) is 54.5 Å². The van der Waals surface area contributed by atoms with Crippen LogP contribution in [0, 0.1) is 18.3 Å². The molecular formula is C25H21N5O3. The summed E-state index contributed by atoms with van der Waals surface area (Å²) in [4.78, 5) is 14.4. The lowest BCUT2D eigenvalue weighted by Gasteiger charge is -2.21. The molecule has 4 aromatic rings. The standard InChI is InChI=1S/C25H21N5O3/c1-16-11-19(24(31)23(12-16)30-27-21-5-3-4-6-22(21)28-30)15-29(2)20-9-7-17(8-10-20)13-18(14-26)25(32)33/h3-13,31H,15H2,1-2H3,(H,32,33). The van der Waals surface area contributed by atoms with Crippen molar-refractivity contribution >= 4 is 28.8 Å². The van der Waals surface area contributed by atoms with Gasteiger partial charge in [0.25, 0.3) is 0 Å². The molecule has 0 atom stereocenters. The highest BCUT2D eigenvalue weighted by Gasteiger charge is 2.15. The number of benzene rings is 3. The van der Waals surface area contributed by atoms with Gasteiger partial charge < -0.3 is 15.1 Å². The molecule has 1 heterocycles. The summed E-state index contributed by atoms with van der Waals surface area (Å²) >= 11 is 0. The quantitative estimate of drug-likeness (QED) is 0.344. The zero-order valence-corrected chi connectivity index (χ0v) is 18.1. The van der Waals surface area contributed by atoms with Crippen LogP contribution in [0.25, 0.3) is 22.8 Å². The number of carbonyl (C=O) groups is 1. The minimum absolute atomic E-state index is 0.104. The van der Waals surface area contributed by atoms with Crippen molar-refractivity contribution in [3.63, 3.8) is 0 Å². The maximum atomic E-state index is 11.0. The molecule has 0 bridgehead atoms. The van der Waals surface area contributed by atoms with E-state index in [1.807, 2.05) is 67.4 Å². The summed E-state index contributed by atoms with van der Waals surface area (Å²) in [6.07, 6.45) is 1.33. The third-order valence-electron chi connectivity index (χ3n) is 5.22. The molecule has 1 aromatic heterocycles. The van der Waals surface area contributed by atoms with Crippen molar-refractivity contribution in [2.75, 3.05) is 11.9 Å². The first-order valence-corrected chi connectivity index (χ1v) is 10.2. The van der Waals surface area contributed by atoms with Crippen molar-refractivity contribution in [1.29, 1.82) is 5.26 Å².